The van der Waals surface area contributed by atoms with E-state index in [4.69, 9.17) is 9.26 Å². The van der Waals surface area contributed by atoms with Gasteiger partial charge in [0, 0.05) is 12.1 Å². The van der Waals surface area contributed by atoms with E-state index >= 15 is 0 Å². The van der Waals surface area contributed by atoms with E-state index in [1.165, 1.54) is 5.56 Å². The monoisotopic (exact) mass is 351 g/mol. The van der Waals surface area contributed by atoms with Crippen LogP contribution in [0.5, 0.6) is 5.75 Å². The van der Waals surface area contributed by atoms with Crippen molar-refractivity contribution in [2.75, 3.05) is 11.9 Å². The second-order valence-electron chi connectivity index (χ2n) is 6.68. The van der Waals surface area contributed by atoms with Crippen LogP contribution in [0.3, 0.4) is 0 Å². The lowest BCUT2D eigenvalue weighted by Gasteiger charge is -2.09. The predicted molar refractivity (Wildman–Crippen MR) is 102 cm³/mol. The van der Waals surface area contributed by atoms with E-state index in [2.05, 4.69) is 41.4 Å². The molecular weight excluding hydrogens is 326 g/mol. The summed E-state index contributed by atoms with van der Waals surface area (Å²) in [6.45, 7) is 5.63. The topological polar surface area (TPSA) is 60.2 Å². The van der Waals surface area contributed by atoms with Gasteiger partial charge in [-0.2, -0.15) is 4.98 Å². The fraction of sp³-hybridized carbons (Fsp3) is 0.333. The number of ether oxygens (including phenoxy) is 1. The Labute approximate surface area is 154 Å². The average Bonchev–Trinajstić information content (AvgIpc) is 3.09. The molecular formula is C21H25N3O2. The first kappa shape index (κ1) is 18.0. The smallest absolute Gasteiger partial charge is 0.245 e. The maximum Gasteiger partial charge on any atom is 0.245 e. The summed E-state index contributed by atoms with van der Waals surface area (Å²) in [6, 6.07) is 18.0. The number of rotatable bonds is 9. The Bertz CT molecular complexity index is 783. The van der Waals surface area contributed by atoms with Gasteiger partial charge in [0.25, 0.3) is 0 Å². The molecule has 0 saturated heterocycles. The van der Waals surface area contributed by atoms with Gasteiger partial charge in [0.1, 0.15) is 5.75 Å². The average molecular weight is 351 g/mol. The summed E-state index contributed by atoms with van der Waals surface area (Å²) in [5.74, 6) is 2.81. The van der Waals surface area contributed by atoms with Crippen molar-refractivity contribution in [3.8, 4) is 5.75 Å². The third-order valence-corrected chi connectivity index (χ3v) is 3.98. The van der Waals surface area contributed by atoms with Gasteiger partial charge in [0.15, 0.2) is 5.82 Å². The minimum absolute atomic E-state index is 0.495. The molecule has 3 rings (SSSR count). The Morgan fingerprint density at radius 2 is 1.81 bits per heavy atom. The zero-order valence-corrected chi connectivity index (χ0v) is 15.3. The number of anilines is 1. The van der Waals surface area contributed by atoms with Crippen LogP contribution in [-0.4, -0.2) is 16.7 Å². The highest BCUT2D eigenvalue weighted by molar-refractivity contribution is 5.46. The maximum absolute atomic E-state index is 5.73. The van der Waals surface area contributed by atoms with Crippen molar-refractivity contribution in [1.82, 2.24) is 10.1 Å². The molecule has 0 aliphatic carbocycles. The van der Waals surface area contributed by atoms with Crippen molar-refractivity contribution in [3.05, 3.63) is 71.9 Å². The lowest BCUT2D eigenvalue weighted by atomic mass is 10.1. The molecule has 0 atom stereocenters. The number of nitrogens with one attached hydrogen (secondary N) is 1. The van der Waals surface area contributed by atoms with Gasteiger partial charge < -0.3 is 14.6 Å². The molecule has 0 saturated carbocycles. The molecule has 0 radical (unpaired) electrons. The van der Waals surface area contributed by atoms with Crippen molar-refractivity contribution in [1.29, 1.82) is 0 Å². The van der Waals surface area contributed by atoms with Crippen molar-refractivity contribution in [2.45, 2.75) is 33.2 Å². The molecule has 0 aliphatic heterocycles. The molecule has 136 valence electrons. The van der Waals surface area contributed by atoms with Gasteiger partial charge in [-0.1, -0.05) is 49.3 Å². The molecule has 2 aromatic carbocycles. The summed E-state index contributed by atoms with van der Waals surface area (Å²) in [5.41, 5.74) is 2.16. The van der Waals surface area contributed by atoms with Crippen LogP contribution in [0.15, 0.2) is 59.1 Å². The molecule has 5 heteroatoms. The summed E-state index contributed by atoms with van der Waals surface area (Å²) < 4.78 is 11.0. The summed E-state index contributed by atoms with van der Waals surface area (Å²) in [7, 11) is 0. The van der Waals surface area contributed by atoms with Crippen molar-refractivity contribution < 1.29 is 9.26 Å². The normalized spacial score (nSPS) is 10.9. The van der Waals surface area contributed by atoms with Crippen LogP contribution < -0.4 is 10.1 Å². The molecule has 5 nitrogen and oxygen atoms in total. The molecule has 0 amide bonds. The van der Waals surface area contributed by atoms with Gasteiger partial charge in [-0.05, 0) is 42.2 Å². The highest BCUT2D eigenvalue weighted by atomic mass is 16.5. The Morgan fingerprint density at radius 3 is 2.54 bits per heavy atom. The molecule has 1 heterocycles. The van der Waals surface area contributed by atoms with Gasteiger partial charge in [-0.15, -0.1) is 0 Å². The molecule has 1 N–H and O–H groups in total. The highest BCUT2D eigenvalue weighted by Gasteiger charge is 2.07. The van der Waals surface area contributed by atoms with Gasteiger partial charge in [0.2, 0.25) is 5.89 Å². The minimum Gasteiger partial charge on any atom is -0.494 e. The van der Waals surface area contributed by atoms with E-state index in [1.807, 2.05) is 42.5 Å². The summed E-state index contributed by atoms with van der Waals surface area (Å²) in [6.07, 6.45) is 1.73. The summed E-state index contributed by atoms with van der Waals surface area (Å²) in [4.78, 5) is 4.43. The van der Waals surface area contributed by atoms with Crippen LogP contribution in [0.2, 0.25) is 0 Å². The predicted octanol–water partition coefficient (Wildman–Crippen LogP) is 4.70. The lowest BCUT2D eigenvalue weighted by molar-refractivity contribution is 0.289. The number of hydrogen-bond donors (Lipinski definition) is 1. The fourth-order valence-electron chi connectivity index (χ4n) is 2.47. The molecule has 0 aliphatic rings. The summed E-state index contributed by atoms with van der Waals surface area (Å²) >= 11 is 0. The molecule has 0 fully saturated rings. The number of benzene rings is 2. The molecule has 0 spiro atoms. The number of aromatic nitrogens is 2. The first-order valence-electron chi connectivity index (χ1n) is 9.01. The Kier molecular flexibility index (Phi) is 6.25. The van der Waals surface area contributed by atoms with E-state index in [9.17, 15) is 0 Å². The van der Waals surface area contributed by atoms with Gasteiger partial charge in [-0.3, -0.25) is 0 Å². The van der Waals surface area contributed by atoms with Crippen molar-refractivity contribution >= 4 is 5.69 Å². The van der Waals surface area contributed by atoms with Crippen LogP contribution in [-0.2, 0) is 13.0 Å². The van der Waals surface area contributed by atoms with Gasteiger partial charge >= 0.3 is 0 Å². The van der Waals surface area contributed by atoms with Crippen LogP contribution in [0, 0.1) is 5.92 Å². The van der Waals surface area contributed by atoms with Crippen LogP contribution in [0.4, 0.5) is 5.69 Å². The third kappa shape index (κ3) is 5.62. The van der Waals surface area contributed by atoms with Crippen molar-refractivity contribution in [3.63, 3.8) is 0 Å². The first-order valence-corrected chi connectivity index (χ1v) is 9.01. The van der Waals surface area contributed by atoms with Crippen LogP contribution >= 0.6 is 0 Å². The van der Waals surface area contributed by atoms with E-state index in [0.717, 1.165) is 24.5 Å². The van der Waals surface area contributed by atoms with Gasteiger partial charge in [-0.25, -0.2) is 0 Å². The van der Waals surface area contributed by atoms with E-state index < -0.39 is 0 Å². The van der Waals surface area contributed by atoms with Gasteiger partial charge in [0.05, 0.1) is 13.2 Å². The van der Waals surface area contributed by atoms with E-state index in [-0.39, 0.29) is 0 Å². The highest BCUT2D eigenvalue weighted by Crippen LogP contribution is 2.17. The molecule has 0 bridgehead atoms. The standard InChI is InChI=1S/C21H25N3O2/c1-16(2)12-13-25-19-10-8-18(9-11-19)22-15-21-23-20(24-26-21)14-17-6-4-3-5-7-17/h3-11,16,22H,12-15H2,1-2H3. The van der Waals surface area contributed by atoms with E-state index in [0.29, 0.717) is 30.6 Å². The number of nitrogens with zero attached hydrogens (tertiary/aromatic N) is 2. The largest absolute Gasteiger partial charge is 0.494 e. The number of hydrogen-bond acceptors (Lipinski definition) is 5. The van der Waals surface area contributed by atoms with E-state index in [1.54, 1.807) is 0 Å². The lowest BCUT2D eigenvalue weighted by Crippen LogP contribution is -2.02. The van der Waals surface area contributed by atoms with Crippen LogP contribution in [0.1, 0.15) is 37.5 Å². The Hall–Kier alpha value is -2.82. The molecule has 3 aromatic rings. The fourth-order valence-corrected chi connectivity index (χ4v) is 2.47. The first-order chi connectivity index (χ1) is 12.7. The quantitative estimate of drug-likeness (QED) is 0.605. The summed E-state index contributed by atoms with van der Waals surface area (Å²) in [5, 5.41) is 7.33. The van der Waals surface area contributed by atoms with Crippen molar-refractivity contribution in [2.24, 2.45) is 5.92 Å². The Balaban J connectivity index is 1.47. The SMILES string of the molecule is CC(C)CCOc1ccc(NCc2nc(Cc3ccccc3)no2)cc1. The molecule has 1 aromatic heterocycles. The zero-order chi connectivity index (χ0) is 18.2. The third-order valence-electron chi connectivity index (χ3n) is 3.98. The zero-order valence-electron chi connectivity index (χ0n) is 15.3. The second-order valence-corrected chi connectivity index (χ2v) is 6.68. The maximum atomic E-state index is 5.73. The minimum atomic E-state index is 0.495. The molecule has 26 heavy (non-hydrogen) atoms. The Morgan fingerprint density at radius 1 is 1.04 bits per heavy atom. The van der Waals surface area contributed by atoms with Crippen LogP contribution in [0.25, 0.3) is 0 Å². The molecule has 0 unspecified atom stereocenters. The second kappa shape index (κ2) is 9.04.